The monoisotopic (exact) mass is 260 g/mol. The number of nitrogens with zero attached hydrogens (tertiary/aromatic N) is 4. The van der Waals surface area contributed by atoms with Gasteiger partial charge in [0, 0.05) is 6.42 Å². The Bertz CT molecular complexity index is 521. The Morgan fingerprint density at radius 2 is 2.00 bits per heavy atom. The van der Waals surface area contributed by atoms with Crippen molar-refractivity contribution >= 4 is 18.0 Å². The van der Waals surface area contributed by atoms with E-state index in [4.69, 9.17) is 0 Å². The third-order valence-corrected chi connectivity index (χ3v) is 3.19. The highest BCUT2D eigenvalue weighted by molar-refractivity contribution is 7.98. The van der Waals surface area contributed by atoms with Crippen LogP contribution in [0.25, 0.3) is 0 Å². The number of aryl methyl sites for hydroxylation is 2. The number of benzene rings is 1. The molecular weight excluding hydrogens is 244 g/mol. The molecule has 0 atom stereocenters. The first-order chi connectivity index (χ1) is 8.74. The molecule has 1 heterocycles. The fraction of sp³-hybridized carbons (Fsp3) is 0.308. The van der Waals surface area contributed by atoms with Gasteiger partial charge in [0.25, 0.3) is 0 Å². The molecule has 0 aliphatic heterocycles. The fourth-order valence-electron chi connectivity index (χ4n) is 1.54. The number of thioether (sulfide) groups is 1. The zero-order valence-corrected chi connectivity index (χ0v) is 11.6. The average molecular weight is 260 g/mol. The summed E-state index contributed by atoms with van der Waals surface area (Å²) in [5.74, 6) is 0.878. The molecule has 0 fully saturated rings. The molecule has 2 aromatic rings. The van der Waals surface area contributed by atoms with E-state index in [0.29, 0.717) is 0 Å². The maximum atomic E-state index is 4.45. The maximum absolute atomic E-state index is 4.45. The van der Waals surface area contributed by atoms with Crippen LogP contribution < -0.4 is 0 Å². The van der Waals surface area contributed by atoms with E-state index >= 15 is 0 Å². The van der Waals surface area contributed by atoms with Gasteiger partial charge in [-0.25, -0.2) is 0 Å². The van der Waals surface area contributed by atoms with Crippen molar-refractivity contribution in [3.8, 4) is 0 Å². The van der Waals surface area contributed by atoms with Crippen molar-refractivity contribution in [1.29, 1.82) is 0 Å². The lowest BCUT2D eigenvalue weighted by Crippen LogP contribution is -1.98. The fourth-order valence-corrected chi connectivity index (χ4v) is 1.98. The van der Waals surface area contributed by atoms with E-state index in [0.717, 1.165) is 23.0 Å². The quantitative estimate of drug-likeness (QED) is 0.627. The third kappa shape index (κ3) is 2.79. The molecule has 0 N–H and O–H groups in total. The summed E-state index contributed by atoms with van der Waals surface area (Å²) >= 11 is 1.54. The van der Waals surface area contributed by atoms with Gasteiger partial charge in [0.2, 0.25) is 5.16 Å². The van der Waals surface area contributed by atoms with Gasteiger partial charge in [-0.15, -0.1) is 10.2 Å². The van der Waals surface area contributed by atoms with Crippen molar-refractivity contribution < 1.29 is 0 Å². The SMILES string of the molecule is CCc1nnc(SC)n1/N=C\c1ccc(C)cc1. The van der Waals surface area contributed by atoms with Crippen molar-refractivity contribution in [3.05, 3.63) is 41.2 Å². The van der Waals surface area contributed by atoms with Gasteiger partial charge < -0.3 is 0 Å². The molecule has 0 spiro atoms. The summed E-state index contributed by atoms with van der Waals surface area (Å²) in [6.07, 6.45) is 4.63. The first-order valence-electron chi connectivity index (χ1n) is 5.84. The van der Waals surface area contributed by atoms with Crippen LogP contribution in [0, 0.1) is 6.92 Å². The lowest BCUT2D eigenvalue weighted by atomic mass is 10.2. The smallest absolute Gasteiger partial charge is 0.192 e. The molecule has 1 aromatic heterocycles. The largest absolute Gasteiger partial charge is 0.211 e. The Morgan fingerprint density at radius 3 is 2.61 bits per heavy atom. The van der Waals surface area contributed by atoms with Crippen LogP contribution in [0.1, 0.15) is 23.9 Å². The lowest BCUT2D eigenvalue weighted by Gasteiger charge is -2.00. The van der Waals surface area contributed by atoms with E-state index in [2.05, 4.69) is 34.4 Å². The molecular formula is C13H16N4S. The van der Waals surface area contributed by atoms with Gasteiger partial charge >= 0.3 is 0 Å². The van der Waals surface area contributed by atoms with Gasteiger partial charge in [-0.2, -0.15) is 9.78 Å². The van der Waals surface area contributed by atoms with E-state index in [1.165, 1.54) is 5.56 Å². The van der Waals surface area contributed by atoms with Crippen LogP contribution in [0.2, 0.25) is 0 Å². The van der Waals surface area contributed by atoms with Crippen LogP contribution >= 0.6 is 11.8 Å². The summed E-state index contributed by atoms with van der Waals surface area (Å²) in [4.78, 5) is 0. The predicted octanol–water partition coefficient (Wildman–Crippen LogP) is 2.75. The molecule has 0 aliphatic rings. The zero-order chi connectivity index (χ0) is 13.0. The second-order valence-corrected chi connectivity index (χ2v) is 4.70. The van der Waals surface area contributed by atoms with Crippen LogP contribution in [0.4, 0.5) is 0 Å². The maximum Gasteiger partial charge on any atom is 0.211 e. The molecule has 4 nitrogen and oxygen atoms in total. The molecule has 0 amide bonds. The second-order valence-electron chi connectivity index (χ2n) is 3.92. The number of hydrogen-bond acceptors (Lipinski definition) is 4. The second kappa shape index (κ2) is 5.82. The molecule has 0 radical (unpaired) electrons. The van der Waals surface area contributed by atoms with Gasteiger partial charge in [0.05, 0.1) is 6.21 Å². The van der Waals surface area contributed by atoms with Crippen molar-refractivity contribution in [1.82, 2.24) is 14.9 Å². The van der Waals surface area contributed by atoms with Gasteiger partial charge in [-0.05, 0) is 18.7 Å². The summed E-state index contributed by atoms with van der Waals surface area (Å²) in [6, 6.07) is 8.24. The Labute approximate surface area is 111 Å². The summed E-state index contributed by atoms with van der Waals surface area (Å²) < 4.78 is 1.80. The van der Waals surface area contributed by atoms with Gasteiger partial charge in [0.1, 0.15) is 0 Å². The highest BCUT2D eigenvalue weighted by atomic mass is 32.2. The van der Waals surface area contributed by atoms with Crippen molar-refractivity contribution in [2.24, 2.45) is 5.10 Å². The average Bonchev–Trinajstić information content (AvgIpc) is 2.80. The van der Waals surface area contributed by atoms with Crippen molar-refractivity contribution in [2.75, 3.05) is 6.26 Å². The van der Waals surface area contributed by atoms with E-state index in [-0.39, 0.29) is 0 Å². The Balaban J connectivity index is 2.27. The van der Waals surface area contributed by atoms with E-state index in [9.17, 15) is 0 Å². The molecule has 0 bridgehead atoms. The molecule has 5 heteroatoms. The van der Waals surface area contributed by atoms with Crippen LogP contribution in [-0.2, 0) is 6.42 Å². The highest BCUT2D eigenvalue weighted by Gasteiger charge is 2.07. The van der Waals surface area contributed by atoms with Gasteiger partial charge in [-0.3, -0.25) is 0 Å². The molecule has 1 aromatic carbocycles. The van der Waals surface area contributed by atoms with E-state index in [1.54, 1.807) is 16.4 Å². The summed E-state index contributed by atoms with van der Waals surface area (Å²) in [7, 11) is 0. The van der Waals surface area contributed by atoms with E-state index in [1.807, 2.05) is 31.5 Å². The summed E-state index contributed by atoms with van der Waals surface area (Å²) in [5, 5.41) is 13.5. The molecule has 0 unspecified atom stereocenters. The number of aromatic nitrogens is 3. The van der Waals surface area contributed by atoms with Crippen LogP contribution in [0.3, 0.4) is 0 Å². The van der Waals surface area contributed by atoms with Crippen LogP contribution in [0.15, 0.2) is 34.5 Å². The topological polar surface area (TPSA) is 43.1 Å². The summed E-state index contributed by atoms with van der Waals surface area (Å²) in [5.41, 5.74) is 2.32. The first kappa shape index (κ1) is 12.8. The van der Waals surface area contributed by atoms with Crippen molar-refractivity contribution in [2.45, 2.75) is 25.4 Å². The molecule has 0 saturated heterocycles. The minimum atomic E-state index is 0.815. The number of rotatable bonds is 4. The van der Waals surface area contributed by atoms with E-state index < -0.39 is 0 Å². The van der Waals surface area contributed by atoms with Gasteiger partial charge in [-0.1, -0.05) is 48.5 Å². The molecule has 0 saturated carbocycles. The Morgan fingerprint density at radius 1 is 1.28 bits per heavy atom. The molecule has 2 rings (SSSR count). The van der Waals surface area contributed by atoms with Gasteiger partial charge in [0.15, 0.2) is 5.82 Å². The molecule has 18 heavy (non-hydrogen) atoms. The van der Waals surface area contributed by atoms with Crippen molar-refractivity contribution in [3.63, 3.8) is 0 Å². The lowest BCUT2D eigenvalue weighted by molar-refractivity contribution is 0.723. The number of hydrogen-bond donors (Lipinski definition) is 0. The standard InChI is InChI=1S/C13H16N4S/c1-4-12-15-16-13(18-3)17(12)14-9-11-7-5-10(2)6-8-11/h5-9H,4H2,1-3H3/b14-9-. The van der Waals surface area contributed by atoms with Crippen LogP contribution in [-0.4, -0.2) is 27.3 Å². The Kier molecular flexibility index (Phi) is 4.15. The molecule has 94 valence electrons. The summed E-state index contributed by atoms with van der Waals surface area (Å²) in [6.45, 7) is 4.12. The first-order valence-corrected chi connectivity index (χ1v) is 7.06. The predicted molar refractivity (Wildman–Crippen MR) is 75.4 cm³/mol. The zero-order valence-electron chi connectivity index (χ0n) is 10.8. The Hall–Kier alpha value is -1.62. The highest BCUT2D eigenvalue weighted by Crippen LogP contribution is 2.13. The minimum Gasteiger partial charge on any atom is -0.192 e. The normalized spacial score (nSPS) is 11.3. The minimum absolute atomic E-state index is 0.815. The molecule has 0 aliphatic carbocycles. The third-order valence-electron chi connectivity index (χ3n) is 2.58. The van der Waals surface area contributed by atoms with Crippen LogP contribution in [0.5, 0.6) is 0 Å².